The molecule has 0 spiro atoms. The van der Waals surface area contributed by atoms with Gasteiger partial charge < -0.3 is 5.32 Å². The molecule has 2 unspecified atom stereocenters. The van der Waals surface area contributed by atoms with Crippen LogP contribution in [-0.4, -0.2) is 22.3 Å². The monoisotopic (exact) mass is 395 g/mol. The van der Waals surface area contributed by atoms with E-state index in [1.807, 2.05) is 6.92 Å². The van der Waals surface area contributed by atoms with E-state index in [4.69, 9.17) is 4.99 Å². The van der Waals surface area contributed by atoms with Gasteiger partial charge in [-0.1, -0.05) is 36.4 Å². The van der Waals surface area contributed by atoms with Gasteiger partial charge in [-0.2, -0.15) is 8.78 Å². The van der Waals surface area contributed by atoms with Crippen LogP contribution in [-0.2, 0) is 10.5 Å². The van der Waals surface area contributed by atoms with E-state index in [2.05, 4.69) is 24.1 Å². The molecular weight excluding hydrogens is 367 g/mol. The summed E-state index contributed by atoms with van der Waals surface area (Å²) in [6.45, 7) is 6.31. The Bertz CT molecular complexity index is 756. The number of alkyl halides is 2. The van der Waals surface area contributed by atoms with Gasteiger partial charge in [0, 0.05) is 11.5 Å². The standard InChI is InChI=1S/C20H28F2N3OP/c1-4-10-19(11-9-12(2)3)18(26)24-17(25-19)14-7-8-15(20(21,22)27)23-16(14)13-5-6-13/h7-8,12-13H,4-6,9-11,27H2,1-3H3,(H,24,25,26). The van der Waals surface area contributed by atoms with E-state index in [0.29, 0.717) is 35.9 Å². The second-order valence-electron chi connectivity index (χ2n) is 8.16. The Morgan fingerprint density at radius 1 is 1.33 bits per heavy atom. The van der Waals surface area contributed by atoms with Crippen LogP contribution in [0.1, 0.15) is 82.2 Å². The summed E-state index contributed by atoms with van der Waals surface area (Å²) in [5.74, 6) is 1.06. The molecule has 0 radical (unpaired) electrons. The number of rotatable bonds is 8. The predicted octanol–water partition coefficient (Wildman–Crippen LogP) is 4.73. The lowest BCUT2D eigenvalue weighted by Crippen LogP contribution is -2.40. The minimum absolute atomic E-state index is 0.0813. The second kappa shape index (κ2) is 7.54. The Labute approximate surface area is 161 Å². The number of carbonyl (C=O) groups is 1. The quantitative estimate of drug-likeness (QED) is 0.647. The van der Waals surface area contributed by atoms with Gasteiger partial charge in [0.2, 0.25) is 0 Å². The molecule has 1 fully saturated rings. The highest BCUT2D eigenvalue weighted by atomic mass is 31.0. The minimum Gasteiger partial charge on any atom is -0.308 e. The van der Waals surface area contributed by atoms with Crippen LogP contribution in [0.3, 0.4) is 0 Å². The van der Waals surface area contributed by atoms with E-state index in [9.17, 15) is 13.6 Å². The van der Waals surface area contributed by atoms with Crippen molar-refractivity contribution >= 4 is 21.0 Å². The lowest BCUT2D eigenvalue weighted by atomic mass is 9.86. The van der Waals surface area contributed by atoms with Gasteiger partial charge in [0.1, 0.15) is 17.1 Å². The van der Waals surface area contributed by atoms with E-state index in [0.717, 1.165) is 25.7 Å². The molecule has 27 heavy (non-hydrogen) atoms. The van der Waals surface area contributed by atoms with E-state index >= 15 is 0 Å². The number of halogens is 2. The first-order valence-corrected chi connectivity index (χ1v) is 10.3. The number of nitrogens with one attached hydrogen (secondary N) is 1. The fraction of sp³-hybridized carbons (Fsp3) is 0.650. The molecule has 148 valence electrons. The predicted molar refractivity (Wildman–Crippen MR) is 106 cm³/mol. The topological polar surface area (TPSA) is 54.4 Å². The van der Waals surface area contributed by atoms with Crippen molar-refractivity contribution in [3.05, 3.63) is 29.1 Å². The van der Waals surface area contributed by atoms with Crippen molar-refractivity contribution in [3.8, 4) is 0 Å². The molecule has 1 aliphatic carbocycles. The molecule has 1 aromatic rings. The molecule has 1 N–H and O–H groups in total. The SMILES string of the molecule is CCCC1(CCC(C)C)N=C(c2ccc(C(F)(F)P)nc2C2CC2)NC1=O. The Morgan fingerprint density at radius 2 is 2.04 bits per heavy atom. The van der Waals surface area contributed by atoms with Crippen molar-refractivity contribution in [3.63, 3.8) is 0 Å². The highest BCUT2D eigenvalue weighted by Gasteiger charge is 2.44. The third-order valence-electron chi connectivity index (χ3n) is 5.26. The first kappa shape index (κ1) is 20.3. The molecule has 1 saturated carbocycles. The summed E-state index contributed by atoms with van der Waals surface area (Å²) in [5.41, 5.74) is -2.76. The molecule has 2 aliphatic rings. The van der Waals surface area contributed by atoms with Crippen LogP contribution in [0.15, 0.2) is 17.1 Å². The van der Waals surface area contributed by atoms with E-state index in [1.54, 1.807) is 6.07 Å². The highest BCUT2D eigenvalue weighted by Crippen LogP contribution is 2.43. The van der Waals surface area contributed by atoms with Gasteiger partial charge >= 0.3 is 0 Å². The van der Waals surface area contributed by atoms with Crippen LogP contribution >= 0.6 is 9.24 Å². The molecular formula is C20H28F2N3OP. The third-order valence-corrected chi connectivity index (χ3v) is 5.56. The van der Waals surface area contributed by atoms with Crippen LogP contribution in [0.25, 0.3) is 0 Å². The van der Waals surface area contributed by atoms with E-state index in [-0.39, 0.29) is 17.5 Å². The number of aliphatic imine (C=N–C) groups is 1. The Balaban J connectivity index is 1.99. The zero-order valence-corrected chi connectivity index (χ0v) is 17.3. The smallest absolute Gasteiger partial charge is 0.300 e. The van der Waals surface area contributed by atoms with E-state index in [1.165, 1.54) is 15.3 Å². The van der Waals surface area contributed by atoms with Crippen molar-refractivity contribution < 1.29 is 13.6 Å². The lowest BCUT2D eigenvalue weighted by molar-refractivity contribution is -0.124. The van der Waals surface area contributed by atoms with E-state index < -0.39 is 11.2 Å². The second-order valence-corrected chi connectivity index (χ2v) is 8.88. The molecule has 0 saturated heterocycles. The van der Waals surface area contributed by atoms with Crippen LogP contribution < -0.4 is 5.32 Å². The summed E-state index contributed by atoms with van der Waals surface area (Å²) in [4.78, 5) is 21.9. The number of hydrogen-bond acceptors (Lipinski definition) is 3. The van der Waals surface area contributed by atoms with Gasteiger partial charge in [-0.3, -0.25) is 14.8 Å². The summed E-state index contributed by atoms with van der Waals surface area (Å²) in [5, 5.41) is 2.93. The average Bonchev–Trinajstić information content (AvgIpc) is 3.38. The van der Waals surface area contributed by atoms with Crippen LogP contribution in [0, 0.1) is 5.92 Å². The van der Waals surface area contributed by atoms with Crippen molar-refractivity contribution in [2.24, 2.45) is 10.9 Å². The molecule has 1 aliphatic heterocycles. The normalized spacial score (nSPS) is 22.9. The van der Waals surface area contributed by atoms with Crippen LogP contribution in [0.4, 0.5) is 8.78 Å². The Morgan fingerprint density at radius 3 is 2.59 bits per heavy atom. The molecule has 1 amide bonds. The van der Waals surface area contributed by atoms with Crippen molar-refractivity contribution in [2.45, 2.75) is 76.4 Å². The van der Waals surface area contributed by atoms with Gasteiger partial charge in [-0.15, -0.1) is 0 Å². The molecule has 2 heterocycles. The molecule has 0 bridgehead atoms. The zero-order valence-electron chi connectivity index (χ0n) is 16.2. The molecule has 3 rings (SSSR count). The number of carbonyl (C=O) groups excluding carboxylic acids is 1. The third kappa shape index (κ3) is 4.37. The van der Waals surface area contributed by atoms with Crippen molar-refractivity contribution in [1.29, 1.82) is 0 Å². The van der Waals surface area contributed by atoms with Gasteiger partial charge in [0.05, 0.1) is 5.69 Å². The number of aromatic nitrogens is 1. The Hall–Kier alpha value is -1.42. The summed E-state index contributed by atoms with van der Waals surface area (Å²) >= 11 is 0. The van der Waals surface area contributed by atoms with Crippen LogP contribution in [0.2, 0.25) is 0 Å². The number of amides is 1. The molecule has 7 heteroatoms. The fourth-order valence-corrected chi connectivity index (χ4v) is 3.74. The van der Waals surface area contributed by atoms with Gasteiger partial charge in [0.15, 0.2) is 0 Å². The summed E-state index contributed by atoms with van der Waals surface area (Å²) in [6, 6.07) is 2.97. The summed E-state index contributed by atoms with van der Waals surface area (Å²) in [7, 11) is 1.54. The first-order valence-electron chi connectivity index (χ1n) is 9.76. The van der Waals surface area contributed by atoms with Crippen molar-refractivity contribution in [1.82, 2.24) is 10.3 Å². The molecule has 2 atom stereocenters. The van der Waals surface area contributed by atoms with Gasteiger partial charge in [-0.05, 0) is 50.2 Å². The maximum atomic E-state index is 13.7. The fourth-order valence-electron chi connectivity index (χ4n) is 3.58. The maximum Gasteiger partial charge on any atom is 0.300 e. The maximum absolute atomic E-state index is 13.7. The van der Waals surface area contributed by atoms with Gasteiger partial charge in [-0.25, -0.2) is 0 Å². The lowest BCUT2D eigenvalue weighted by Gasteiger charge is -2.23. The first-order chi connectivity index (χ1) is 12.7. The number of pyridine rings is 1. The zero-order chi connectivity index (χ0) is 19.8. The number of amidine groups is 1. The number of nitrogens with zero attached hydrogens (tertiary/aromatic N) is 2. The van der Waals surface area contributed by atoms with Crippen molar-refractivity contribution in [2.75, 3.05) is 0 Å². The summed E-state index contributed by atoms with van der Waals surface area (Å²) in [6.07, 6.45) is 5.01. The minimum atomic E-state index is -3.06. The molecule has 1 aromatic heterocycles. The largest absolute Gasteiger partial charge is 0.308 e. The number of hydrogen-bond donors (Lipinski definition) is 1. The highest BCUT2D eigenvalue weighted by molar-refractivity contribution is 7.17. The average molecular weight is 395 g/mol. The Kier molecular flexibility index (Phi) is 5.67. The summed E-state index contributed by atoms with van der Waals surface area (Å²) < 4.78 is 27.4. The molecule has 0 aromatic carbocycles. The molecule has 4 nitrogen and oxygen atoms in total. The van der Waals surface area contributed by atoms with Gasteiger partial charge in [0.25, 0.3) is 11.6 Å². The van der Waals surface area contributed by atoms with Crippen LogP contribution in [0.5, 0.6) is 0 Å².